The SMILES string of the molecule is CCOc1ccc(C(=O)Nc2cccc(C(=O)NNC(=O)c3ccco3)c2)cc1OCC. The normalized spacial score (nSPS) is 10.2. The van der Waals surface area contributed by atoms with E-state index in [0.717, 1.165) is 0 Å². The van der Waals surface area contributed by atoms with E-state index in [0.29, 0.717) is 36.0 Å². The third-order valence-electron chi connectivity index (χ3n) is 4.22. The predicted molar refractivity (Wildman–Crippen MR) is 117 cm³/mol. The van der Waals surface area contributed by atoms with Crippen molar-refractivity contribution in [2.75, 3.05) is 18.5 Å². The molecule has 0 bridgehead atoms. The van der Waals surface area contributed by atoms with Crippen molar-refractivity contribution in [3.63, 3.8) is 0 Å². The molecule has 9 heteroatoms. The highest BCUT2D eigenvalue weighted by Crippen LogP contribution is 2.29. The van der Waals surface area contributed by atoms with E-state index in [1.54, 1.807) is 42.5 Å². The summed E-state index contributed by atoms with van der Waals surface area (Å²) in [5.41, 5.74) is 5.58. The Morgan fingerprint density at radius 2 is 1.50 bits per heavy atom. The second kappa shape index (κ2) is 10.7. The van der Waals surface area contributed by atoms with Crippen LogP contribution in [-0.2, 0) is 0 Å². The summed E-state index contributed by atoms with van der Waals surface area (Å²) in [4.78, 5) is 36.9. The molecular weight excluding hydrogens is 414 g/mol. The van der Waals surface area contributed by atoms with Crippen molar-refractivity contribution in [2.24, 2.45) is 0 Å². The average Bonchev–Trinajstić information content (AvgIpc) is 3.34. The zero-order chi connectivity index (χ0) is 22.9. The van der Waals surface area contributed by atoms with Gasteiger partial charge in [-0.2, -0.15) is 0 Å². The minimum absolute atomic E-state index is 0.0630. The molecule has 0 atom stereocenters. The average molecular weight is 437 g/mol. The first-order valence-corrected chi connectivity index (χ1v) is 9.97. The largest absolute Gasteiger partial charge is 0.490 e. The Hall–Kier alpha value is -4.27. The van der Waals surface area contributed by atoms with Gasteiger partial charge in [-0.3, -0.25) is 25.2 Å². The molecule has 0 aliphatic heterocycles. The van der Waals surface area contributed by atoms with E-state index in [2.05, 4.69) is 16.2 Å². The number of benzene rings is 2. The lowest BCUT2D eigenvalue weighted by atomic mass is 10.1. The second-order valence-electron chi connectivity index (χ2n) is 6.45. The van der Waals surface area contributed by atoms with Crippen LogP contribution in [0.15, 0.2) is 65.3 Å². The van der Waals surface area contributed by atoms with Crippen LogP contribution in [-0.4, -0.2) is 30.9 Å². The summed E-state index contributed by atoms with van der Waals surface area (Å²) in [5.74, 6) is -0.427. The van der Waals surface area contributed by atoms with E-state index in [1.807, 2.05) is 13.8 Å². The maximum absolute atomic E-state index is 12.7. The molecule has 0 aliphatic rings. The number of hydrogen-bond donors (Lipinski definition) is 3. The van der Waals surface area contributed by atoms with Gasteiger partial charge < -0.3 is 19.2 Å². The van der Waals surface area contributed by atoms with Gasteiger partial charge >= 0.3 is 5.91 Å². The van der Waals surface area contributed by atoms with Crippen molar-refractivity contribution in [3.05, 3.63) is 77.7 Å². The van der Waals surface area contributed by atoms with Crippen LogP contribution in [0.2, 0.25) is 0 Å². The van der Waals surface area contributed by atoms with Crippen LogP contribution in [0, 0.1) is 0 Å². The number of hydrogen-bond acceptors (Lipinski definition) is 6. The van der Waals surface area contributed by atoms with Gasteiger partial charge in [-0.15, -0.1) is 0 Å². The fraction of sp³-hybridized carbons (Fsp3) is 0.174. The Labute approximate surface area is 184 Å². The molecule has 3 rings (SSSR count). The second-order valence-corrected chi connectivity index (χ2v) is 6.45. The standard InChI is InChI=1S/C23H23N3O6/c1-3-30-18-11-10-16(14-20(18)31-4-2)21(27)24-17-8-5-7-15(13-17)22(28)25-26-23(29)19-9-6-12-32-19/h5-14H,3-4H2,1-2H3,(H,24,27)(H,25,28)(H,26,29). The quantitative estimate of drug-likeness (QED) is 0.465. The van der Waals surface area contributed by atoms with Crippen LogP contribution in [0.5, 0.6) is 11.5 Å². The number of anilines is 1. The number of amides is 3. The summed E-state index contributed by atoms with van der Waals surface area (Å²) in [5, 5.41) is 2.74. The Kier molecular flexibility index (Phi) is 7.47. The predicted octanol–water partition coefficient (Wildman–Crippen LogP) is 3.40. The van der Waals surface area contributed by atoms with Gasteiger partial charge in [0.15, 0.2) is 17.3 Å². The molecule has 0 spiro atoms. The van der Waals surface area contributed by atoms with Crippen molar-refractivity contribution >= 4 is 23.4 Å². The van der Waals surface area contributed by atoms with Gasteiger partial charge in [-0.05, 0) is 62.4 Å². The first kappa shape index (κ1) is 22.4. The highest BCUT2D eigenvalue weighted by Gasteiger charge is 2.14. The van der Waals surface area contributed by atoms with E-state index in [9.17, 15) is 14.4 Å². The summed E-state index contributed by atoms with van der Waals surface area (Å²) in [6.07, 6.45) is 1.35. The van der Waals surface area contributed by atoms with E-state index < -0.39 is 11.8 Å². The van der Waals surface area contributed by atoms with Crippen molar-refractivity contribution < 1.29 is 28.3 Å². The molecule has 3 aromatic rings. The maximum Gasteiger partial charge on any atom is 0.305 e. The Morgan fingerprint density at radius 1 is 0.781 bits per heavy atom. The van der Waals surface area contributed by atoms with Crippen LogP contribution >= 0.6 is 0 Å². The number of rotatable bonds is 8. The highest BCUT2D eigenvalue weighted by atomic mass is 16.5. The lowest BCUT2D eigenvalue weighted by molar-refractivity contribution is 0.0831. The third kappa shape index (κ3) is 5.66. The maximum atomic E-state index is 12.7. The number of carbonyl (C=O) groups excluding carboxylic acids is 3. The van der Waals surface area contributed by atoms with Gasteiger partial charge in [-0.25, -0.2) is 0 Å². The number of nitrogens with one attached hydrogen (secondary N) is 3. The molecule has 2 aromatic carbocycles. The molecule has 166 valence electrons. The fourth-order valence-corrected chi connectivity index (χ4v) is 2.79. The minimum Gasteiger partial charge on any atom is -0.490 e. The summed E-state index contributed by atoms with van der Waals surface area (Å²) in [7, 11) is 0. The lowest BCUT2D eigenvalue weighted by Gasteiger charge is -2.13. The molecule has 0 aliphatic carbocycles. The zero-order valence-electron chi connectivity index (χ0n) is 17.6. The Bertz CT molecular complexity index is 1090. The van der Waals surface area contributed by atoms with Gasteiger partial charge in [0.1, 0.15) is 0 Å². The van der Waals surface area contributed by atoms with Crippen LogP contribution in [0.4, 0.5) is 5.69 Å². The molecule has 0 saturated carbocycles. The van der Waals surface area contributed by atoms with Crippen molar-refractivity contribution in [3.8, 4) is 11.5 Å². The molecule has 1 heterocycles. The summed E-state index contributed by atoms with van der Waals surface area (Å²) < 4.78 is 16.0. The molecule has 1 aromatic heterocycles. The van der Waals surface area contributed by atoms with E-state index in [1.165, 1.54) is 18.4 Å². The van der Waals surface area contributed by atoms with Crippen LogP contribution in [0.1, 0.15) is 45.1 Å². The van der Waals surface area contributed by atoms with Crippen molar-refractivity contribution in [1.82, 2.24) is 10.9 Å². The smallest absolute Gasteiger partial charge is 0.305 e. The van der Waals surface area contributed by atoms with Crippen LogP contribution < -0.4 is 25.6 Å². The van der Waals surface area contributed by atoms with E-state index in [-0.39, 0.29) is 17.2 Å². The van der Waals surface area contributed by atoms with Gasteiger partial charge in [-0.1, -0.05) is 6.07 Å². The molecule has 9 nitrogen and oxygen atoms in total. The molecule has 0 radical (unpaired) electrons. The molecule has 3 N–H and O–H groups in total. The summed E-state index contributed by atoms with van der Waals surface area (Å²) in [6.45, 7) is 4.61. The first-order valence-electron chi connectivity index (χ1n) is 9.97. The molecule has 0 saturated heterocycles. The number of carbonyl (C=O) groups is 3. The van der Waals surface area contributed by atoms with Crippen molar-refractivity contribution in [1.29, 1.82) is 0 Å². The Morgan fingerprint density at radius 3 is 2.22 bits per heavy atom. The Balaban J connectivity index is 1.66. The zero-order valence-corrected chi connectivity index (χ0v) is 17.6. The highest BCUT2D eigenvalue weighted by molar-refractivity contribution is 6.05. The molecule has 0 fully saturated rings. The number of ether oxygens (including phenoxy) is 2. The molecule has 0 unspecified atom stereocenters. The topological polar surface area (TPSA) is 119 Å². The molecule has 32 heavy (non-hydrogen) atoms. The minimum atomic E-state index is -0.589. The third-order valence-corrected chi connectivity index (χ3v) is 4.22. The van der Waals surface area contributed by atoms with Crippen LogP contribution in [0.25, 0.3) is 0 Å². The van der Waals surface area contributed by atoms with Gasteiger partial charge in [0.2, 0.25) is 0 Å². The molecule has 3 amide bonds. The van der Waals surface area contributed by atoms with Crippen molar-refractivity contribution in [2.45, 2.75) is 13.8 Å². The van der Waals surface area contributed by atoms with Gasteiger partial charge in [0, 0.05) is 16.8 Å². The number of furan rings is 1. The first-order chi connectivity index (χ1) is 15.5. The van der Waals surface area contributed by atoms with E-state index in [4.69, 9.17) is 13.9 Å². The van der Waals surface area contributed by atoms with Gasteiger partial charge in [0.05, 0.1) is 19.5 Å². The summed E-state index contributed by atoms with van der Waals surface area (Å²) >= 11 is 0. The number of hydrazine groups is 1. The molecular formula is C23H23N3O6. The monoisotopic (exact) mass is 437 g/mol. The van der Waals surface area contributed by atoms with Crippen LogP contribution in [0.3, 0.4) is 0 Å². The lowest BCUT2D eigenvalue weighted by Crippen LogP contribution is -2.41. The van der Waals surface area contributed by atoms with E-state index >= 15 is 0 Å². The summed E-state index contributed by atoms with van der Waals surface area (Å²) in [6, 6.07) is 14.2. The fourth-order valence-electron chi connectivity index (χ4n) is 2.79. The van der Waals surface area contributed by atoms with Gasteiger partial charge in [0.25, 0.3) is 11.8 Å².